The molecule has 0 saturated heterocycles. The number of aryl methyl sites for hydroxylation is 1. The van der Waals surface area contributed by atoms with Crippen LogP contribution in [-0.4, -0.2) is 6.54 Å². The monoisotopic (exact) mass is 257 g/mol. The first-order valence-electron chi connectivity index (χ1n) is 7.52. The van der Waals surface area contributed by atoms with Gasteiger partial charge in [0, 0.05) is 6.04 Å². The second-order valence-corrected chi connectivity index (χ2v) is 6.28. The molecule has 3 atom stereocenters. The maximum Gasteiger partial charge on any atom is 0.0294 e. The van der Waals surface area contributed by atoms with Crippen LogP contribution in [0.2, 0.25) is 0 Å². The normalized spacial score (nSPS) is 24.9. The Kier molecular flexibility index (Phi) is 4.81. The van der Waals surface area contributed by atoms with E-state index in [0.717, 1.165) is 18.4 Å². The second kappa shape index (κ2) is 6.38. The molecule has 0 spiro atoms. The Labute approximate surface area is 118 Å². The summed E-state index contributed by atoms with van der Waals surface area (Å²) in [6.07, 6.45) is 5.02. The molecule has 2 rings (SSSR count). The first kappa shape index (κ1) is 14.3. The second-order valence-electron chi connectivity index (χ2n) is 6.28. The summed E-state index contributed by atoms with van der Waals surface area (Å²) in [5.74, 6) is 1.54. The molecular formula is C18H27N. The van der Waals surface area contributed by atoms with Gasteiger partial charge in [-0.1, -0.05) is 42.8 Å². The number of rotatable bonds is 4. The van der Waals surface area contributed by atoms with E-state index in [9.17, 15) is 0 Å². The summed E-state index contributed by atoms with van der Waals surface area (Å²) in [7, 11) is 0. The minimum atomic E-state index is 0.447. The van der Waals surface area contributed by atoms with Gasteiger partial charge in [-0.05, 0) is 63.1 Å². The highest BCUT2D eigenvalue weighted by Gasteiger charge is 2.18. The summed E-state index contributed by atoms with van der Waals surface area (Å²) in [4.78, 5) is 0. The first-order chi connectivity index (χ1) is 9.06. The van der Waals surface area contributed by atoms with Gasteiger partial charge >= 0.3 is 0 Å². The van der Waals surface area contributed by atoms with Crippen LogP contribution < -0.4 is 5.32 Å². The van der Waals surface area contributed by atoms with Crippen LogP contribution in [0.5, 0.6) is 0 Å². The maximum atomic E-state index is 3.72. The Hall–Kier alpha value is -1.08. The van der Waals surface area contributed by atoms with Crippen molar-refractivity contribution in [3.63, 3.8) is 0 Å². The fourth-order valence-corrected chi connectivity index (χ4v) is 3.37. The molecule has 1 aliphatic carbocycles. The van der Waals surface area contributed by atoms with E-state index < -0.39 is 0 Å². The van der Waals surface area contributed by atoms with Gasteiger partial charge in [0.1, 0.15) is 0 Å². The van der Waals surface area contributed by atoms with Gasteiger partial charge in [-0.2, -0.15) is 0 Å². The van der Waals surface area contributed by atoms with E-state index in [4.69, 9.17) is 0 Å². The molecule has 0 aromatic heterocycles. The molecule has 0 amide bonds. The third-order valence-corrected chi connectivity index (χ3v) is 4.25. The Morgan fingerprint density at radius 3 is 2.68 bits per heavy atom. The van der Waals surface area contributed by atoms with Crippen LogP contribution >= 0.6 is 0 Å². The van der Waals surface area contributed by atoms with Crippen LogP contribution in [0.1, 0.15) is 50.8 Å². The van der Waals surface area contributed by atoms with Gasteiger partial charge < -0.3 is 5.32 Å². The number of hydrogen-bond acceptors (Lipinski definition) is 1. The predicted molar refractivity (Wildman–Crippen MR) is 83.2 cm³/mol. The lowest BCUT2D eigenvalue weighted by Crippen LogP contribution is -2.28. The molecular weight excluding hydrogens is 230 g/mol. The molecule has 0 aliphatic heterocycles. The molecule has 1 aliphatic rings. The van der Waals surface area contributed by atoms with E-state index in [-0.39, 0.29) is 0 Å². The zero-order valence-corrected chi connectivity index (χ0v) is 12.7. The molecule has 0 heterocycles. The van der Waals surface area contributed by atoms with Gasteiger partial charge in [-0.3, -0.25) is 0 Å². The quantitative estimate of drug-likeness (QED) is 0.775. The van der Waals surface area contributed by atoms with Gasteiger partial charge in [0.15, 0.2) is 0 Å². The lowest BCUT2D eigenvalue weighted by Gasteiger charge is -2.27. The Morgan fingerprint density at radius 1 is 1.26 bits per heavy atom. The van der Waals surface area contributed by atoms with Crippen LogP contribution in [0, 0.1) is 18.8 Å². The van der Waals surface area contributed by atoms with Crippen molar-refractivity contribution >= 4 is 0 Å². The van der Waals surface area contributed by atoms with E-state index in [2.05, 4.69) is 63.4 Å². The lowest BCUT2D eigenvalue weighted by atomic mass is 9.83. The average Bonchev–Trinajstić information content (AvgIpc) is 2.35. The highest BCUT2D eigenvalue weighted by molar-refractivity contribution is 5.28. The highest BCUT2D eigenvalue weighted by atomic mass is 14.9. The van der Waals surface area contributed by atoms with Crippen molar-refractivity contribution in [1.29, 1.82) is 0 Å². The van der Waals surface area contributed by atoms with E-state index in [0.29, 0.717) is 6.04 Å². The molecule has 0 fully saturated rings. The highest BCUT2D eigenvalue weighted by Crippen LogP contribution is 2.28. The molecule has 1 N–H and O–H groups in total. The van der Waals surface area contributed by atoms with Crippen molar-refractivity contribution < 1.29 is 0 Å². The molecule has 0 bridgehead atoms. The Morgan fingerprint density at radius 2 is 2.00 bits per heavy atom. The zero-order valence-electron chi connectivity index (χ0n) is 12.7. The summed E-state index contributed by atoms with van der Waals surface area (Å²) in [6.45, 7) is 10.2. The van der Waals surface area contributed by atoms with E-state index in [1.165, 1.54) is 24.0 Å². The fourth-order valence-electron chi connectivity index (χ4n) is 3.37. The fraction of sp³-hybridized carbons (Fsp3) is 0.556. The summed E-state index contributed by atoms with van der Waals surface area (Å²) in [6, 6.07) is 9.13. The molecule has 1 heteroatoms. The van der Waals surface area contributed by atoms with Crippen molar-refractivity contribution in [3.05, 3.63) is 47.0 Å². The zero-order chi connectivity index (χ0) is 13.8. The smallest absolute Gasteiger partial charge is 0.0294 e. The molecule has 2 unspecified atom stereocenters. The predicted octanol–water partition coefficient (Wildman–Crippen LogP) is 4.64. The largest absolute Gasteiger partial charge is 0.310 e. The standard InChI is InChI=1S/C18H27N/c1-13-9-14(2)11-17(10-13)12-19-16(4)18-8-6-5-7-15(18)3/h5-9,13,16-17,19H,10-12H2,1-4H3/t13?,16-,17?/m0/s1. The molecule has 1 aromatic carbocycles. The third-order valence-electron chi connectivity index (χ3n) is 4.25. The minimum Gasteiger partial charge on any atom is -0.310 e. The molecule has 1 nitrogen and oxygen atoms in total. The molecule has 0 radical (unpaired) electrons. The van der Waals surface area contributed by atoms with Crippen molar-refractivity contribution in [3.8, 4) is 0 Å². The van der Waals surface area contributed by atoms with Gasteiger partial charge in [0.2, 0.25) is 0 Å². The summed E-state index contributed by atoms with van der Waals surface area (Å²) in [5.41, 5.74) is 4.38. The molecule has 104 valence electrons. The van der Waals surface area contributed by atoms with Crippen LogP contribution in [-0.2, 0) is 0 Å². The van der Waals surface area contributed by atoms with Gasteiger partial charge in [-0.25, -0.2) is 0 Å². The van der Waals surface area contributed by atoms with Crippen LogP contribution in [0.15, 0.2) is 35.9 Å². The molecule has 1 aromatic rings. The van der Waals surface area contributed by atoms with Gasteiger partial charge in [-0.15, -0.1) is 0 Å². The lowest BCUT2D eigenvalue weighted by molar-refractivity contribution is 0.366. The van der Waals surface area contributed by atoms with Crippen molar-refractivity contribution in [2.24, 2.45) is 11.8 Å². The SMILES string of the molecule is CC1=CC(C)CC(CN[C@@H](C)c2ccccc2C)C1. The van der Waals surface area contributed by atoms with E-state index in [1.54, 1.807) is 5.57 Å². The van der Waals surface area contributed by atoms with E-state index >= 15 is 0 Å². The van der Waals surface area contributed by atoms with Crippen molar-refractivity contribution in [2.75, 3.05) is 6.54 Å². The van der Waals surface area contributed by atoms with Crippen molar-refractivity contribution in [2.45, 2.75) is 46.6 Å². The summed E-state index contributed by atoms with van der Waals surface area (Å²) < 4.78 is 0. The van der Waals surface area contributed by atoms with Gasteiger partial charge in [0.25, 0.3) is 0 Å². The number of hydrogen-bond donors (Lipinski definition) is 1. The number of allylic oxidation sites excluding steroid dienone is 2. The Bertz CT molecular complexity index is 447. The molecule has 19 heavy (non-hydrogen) atoms. The van der Waals surface area contributed by atoms with Crippen molar-refractivity contribution in [1.82, 2.24) is 5.32 Å². The minimum absolute atomic E-state index is 0.447. The first-order valence-corrected chi connectivity index (χ1v) is 7.52. The van der Waals surface area contributed by atoms with E-state index in [1.807, 2.05) is 0 Å². The number of nitrogens with one attached hydrogen (secondary N) is 1. The molecule has 0 saturated carbocycles. The van der Waals surface area contributed by atoms with Crippen LogP contribution in [0.3, 0.4) is 0 Å². The number of benzene rings is 1. The third kappa shape index (κ3) is 3.94. The average molecular weight is 257 g/mol. The Balaban J connectivity index is 1.89. The maximum absolute atomic E-state index is 3.72. The topological polar surface area (TPSA) is 12.0 Å². The summed E-state index contributed by atoms with van der Waals surface area (Å²) >= 11 is 0. The van der Waals surface area contributed by atoms with Crippen LogP contribution in [0.25, 0.3) is 0 Å². The van der Waals surface area contributed by atoms with Crippen LogP contribution in [0.4, 0.5) is 0 Å². The van der Waals surface area contributed by atoms with Gasteiger partial charge in [0.05, 0.1) is 0 Å². The summed E-state index contributed by atoms with van der Waals surface area (Å²) in [5, 5.41) is 3.72.